The molecule has 0 unspecified atom stereocenters. The lowest BCUT2D eigenvalue weighted by molar-refractivity contribution is 0.0945. The molecule has 20 heavy (non-hydrogen) atoms. The number of rotatable bonds is 2. The fourth-order valence-corrected chi connectivity index (χ4v) is 2.11. The van der Waals surface area contributed by atoms with Crippen LogP contribution in [-0.4, -0.2) is 15.7 Å². The zero-order valence-electron chi connectivity index (χ0n) is 11.6. The van der Waals surface area contributed by atoms with Crippen molar-refractivity contribution >= 4 is 5.91 Å². The molecule has 0 spiro atoms. The van der Waals surface area contributed by atoms with Gasteiger partial charge in [0, 0.05) is 11.8 Å². The van der Waals surface area contributed by atoms with E-state index < -0.39 is 11.3 Å². The van der Waals surface area contributed by atoms with Crippen molar-refractivity contribution in [1.82, 2.24) is 15.2 Å². The molecule has 0 saturated carbocycles. The SMILES string of the molecule is Cc1cc(C)cc(-n2nc(C(=O)NN)c(=O)cc2C)c1. The summed E-state index contributed by atoms with van der Waals surface area (Å²) in [6.07, 6.45) is 0. The maximum Gasteiger partial charge on any atom is 0.289 e. The Morgan fingerprint density at radius 1 is 1.15 bits per heavy atom. The van der Waals surface area contributed by atoms with Crippen LogP contribution in [0.2, 0.25) is 0 Å². The van der Waals surface area contributed by atoms with Crippen LogP contribution in [0.4, 0.5) is 0 Å². The normalized spacial score (nSPS) is 10.4. The number of amides is 1. The van der Waals surface area contributed by atoms with Crippen molar-refractivity contribution in [2.24, 2.45) is 5.84 Å². The van der Waals surface area contributed by atoms with Gasteiger partial charge in [0.05, 0.1) is 5.69 Å². The molecular formula is C14H16N4O2. The summed E-state index contributed by atoms with van der Waals surface area (Å²) < 4.78 is 1.56. The Hall–Kier alpha value is -2.47. The first-order valence-electron chi connectivity index (χ1n) is 6.13. The van der Waals surface area contributed by atoms with Gasteiger partial charge in [-0.05, 0) is 44.0 Å². The number of nitrogens with two attached hydrogens (primary N) is 1. The molecular weight excluding hydrogens is 256 g/mol. The maximum absolute atomic E-state index is 11.8. The molecule has 1 aromatic heterocycles. The van der Waals surface area contributed by atoms with Gasteiger partial charge in [0.1, 0.15) is 0 Å². The third kappa shape index (κ3) is 2.60. The molecule has 2 rings (SSSR count). The number of aromatic nitrogens is 2. The first kappa shape index (κ1) is 14.0. The topological polar surface area (TPSA) is 90.0 Å². The molecule has 0 aliphatic heterocycles. The van der Waals surface area contributed by atoms with E-state index in [1.54, 1.807) is 11.6 Å². The summed E-state index contributed by atoms with van der Waals surface area (Å²) in [6.45, 7) is 5.71. The number of nitrogens with zero attached hydrogens (tertiary/aromatic N) is 2. The lowest BCUT2D eigenvalue weighted by atomic mass is 10.1. The van der Waals surface area contributed by atoms with E-state index in [-0.39, 0.29) is 5.69 Å². The molecule has 0 atom stereocenters. The zero-order chi connectivity index (χ0) is 14.9. The van der Waals surface area contributed by atoms with Crippen molar-refractivity contribution < 1.29 is 4.79 Å². The highest BCUT2D eigenvalue weighted by molar-refractivity contribution is 5.91. The average Bonchev–Trinajstić information content (AvgIpc) is 2.36. The van der Waals surface area contributed by atoms with Crippen LogP contribution >= 0.6 is 0 Å². The van der Waals surface area contributed by atoms with Crippen molar-refractivity contribution in [1.29, 1.82) is 0 Å². The minimum atomic E-state index is -0.701. The lowest BCUT2D eigenvalue weighted by Crippen LogP contribution is -2.36. The molecule has 1 heterocycles. The second-order valence-electron chi connectivity index (χ2n) is 4.73. The van der Waals surface area contributed by atoms with Gasteiger partial charge in [0.25, 0.3) is 5.91 Å². The molecule has 3 N–H and O–H groups in total. The Labute approximate surface area is 116 Å². The minimum Gasteiger partial charge on any atom is -0.289 e. The quantitative estimate of drug-likeness (QED) is 0.480. The molecule has 0 aliphatic carbocycles. The molecule has 0 fully saturated rings. The van der Waals surface area contributed by atoms with Crippen LogP contribution in [-0.2, 0) is 0 Å². The minimum absolute atomic E-state index is 0.225. The number of hydrogen-bond donors (Lipinski definition) is 2. The maximum atomic E-state index is 11.8. The molecule has 1 amide bonds. The molecule has 104 valence electrons. The van der Waals surface area contributed by atoms with Crippen molar-refractivity contribution in [3.8, 4) is 5.69 Å². The van der Waals surface area contributed by atoms with Crippen LogP contribution in [0, 0.1) is 20.8 Å². The molecule has 6 nitrogen and oxygen atoms in total. The van der Waals surface area contributed by atoms with Crippen molar-refractivity contribution in [2.75, 3.05) is 0 Å². The van der Waals surface area contributed by atoms with E-state index in [4.69, 9.17) is 5.84 Å². The average molecular weight is 272 g/mol. The van der Waals surface area contributed by atoms with Crippen LogP contribution in [0.5, 0.6) is 0 Å². The Morgan fingerprint density at radius 2 is 1.75 bits per heavy atom. The zero-order valence-corrected chi connectivity index (χ0v) is 11.6. The monoisotopic (exact) mass is 272 g/mol. The fraction of sp³-hybridized carbons (Fsp3) is 0.214. The number of nitrogens with one attached hydrogen (secondary N) is 1. The fourth-order valence-electron chi connectivity index (χ4n) is 2.11. The van der Waals surface area contributed by atoms with Crippen molar-refractivity contribution in [3.05, 3.63) is 57.0 Å². The molecule has 2 aromatic rings. The second kappa shape index (κ2) is 5.26. The van der Waals surface area contributed by atoms with Crippen LogP contribution in [0.3, 0.4) is 0 Å². The molecule has 0 radical (unpaired) electrons. The lowest BCUT2D eigenvalue weighted by Gasteiger charge is -2.12. The highest BCUT2D eigenvalue weighted by Crippen LogP contribution is 2.14. The Morgan fingerprint density at radius 3 is 2.30 bits per heavy atom. The van der Waals surface area contributed by atoms with Gasteiger partial charge in [-0.3, -0.25) is 15.0 Å². The number of carbonyl (C=O) groups excluding carboxylic acids is 1. The highest BCUT2D eigenvalue weighted by atomic mass is 16.2. The number of hydrogen-bond acceptors (Lipinski definition) is 4. The number of aryl methyl sites for hydroxylation is 3. The summed E-state index contributed by atoms with van der Waals surface area (Å²) in [6, 6.07) is 7.27. The summed E-state index contributed by atoms with van der Waals surface area (Å²) >= 11 is 0. The van der Waals surface area contributed by atoms with E-state index in [9.17, 15) is 9.59 Å². The van der Waals surface area contributed by atoms with E-state index in [0.717, 1.165) is 16.8 Å². The molecule has 0 aliphatic rings. The number of carbonyl (C=O) groups is 1. The molecule has 6 heteroatoms. The molecule has 0 bridgehead atoms. The van der Waals surface area contributed by atoms with E-state index in [0.29, 0.717) is 5.69 Å². The van der Waals surface area contributed by atoms with Crippen molar-refractivity contribution in [3.63, 3.8) is 0 Å². The van der Waals surface area contributed by atoms with Gasteiger partial charge in [-0.2, -0.15) is 5.10 Å². The summed E-state index contributed by atoms with van der Waals surface area (Å²) in [4.78, 5) is 23.3. The third-order valence-electron chi connectivity index (χ3n) is 2.90. The smallest absolute Gasteiger partial charge is 0.289 e. The van der Waals surface area contributed by atoms with E-state index in [1.165, 1.54) is 6.07 Å². The second-order valence-corrected chi connectivity index (χ2v) is 4.73. The van der Waals surface area contributed by atoms with E-state index >= 15 is 0 Å². The summed E-state index contributed by atoms with van der Waals surface area (Å²) in [5.41, 5.74) is 4.84. The standard InChI is InChI=1S/C14H16N4O2/c1-8-4-9(2)6-11(5-8)18-10(3)7-12(19)13(17-18)14(20)16-15/h4-7H,15H2,1-3H3,(H,16,20). The van der Waals surface area contributed by atoms with Crippen LogP contribution < -0.4 is 16.7 Å². The Balaban J connectivity index is 2.67. The number of hydrazine groups is 1. The third-order valence-corrected chi connectivity index (χ3v) is 2.90. The van der Waals surface area contributed by atoms with Crippen LogP contribution in [0.25, 0.3) is 5.69 Å². The van der Waals surface area contributed by atoms with Gasteiger partial charge in [-0.25, -0.2) is 10.5 Å². The van der Waals surface area contributed by atoms with Gasteiger partial charge in [0.2, 0.25) is 5.43 Å². The van der Waals surface area contributed by atoms with Gasteiger partial charge in [0.15, 0.2) is 5.69 Å². The first-order chi connectivity index (χ1) is 9.42. The Bertz CT molecular complexity index is 714. The number of benzene rings is 1. The summed E-state index contributed by atoms with van der Waals surface area (Å²) in [7, 11) is 0. The highest BCUT2D eigenvalue weighted by Gasteiger charge is 2.14. The van der Waals surface area contributed by atoms with Gasteiger partial charge in [-0.1, -0.05) is 6.07 Å². The van der Waals surface area contributed by atoms with Gasteiger partial charge in [-0.15, -0.1) is 0 Å². The molecule has 1 aromatic carbocycles. The van der Waals surface area contributed by atoms with Gasteiger partial charge >= 0.3 is 0 Å². The van der Waals surface area contributed by atoms with Crippen molar-refractivity contribution in [2.45, 2.75) is 20.8 Å². The van der Waals surface area contributed by atoms with Gasteiger partial charge < -0.3 is 0 Å². The predicted molar refractivity (Wildman–Crippen MR) is 75.7 cm³/mol. The first-order valence-corrected chi connectivity index (χ1v) is 6.13. The summed E-state index contributed by atoms with van der Waals surface area (Å²) in [5, 5.41) is 4.11. The Kier molecular flexibility index (Phi) is 3.67. The van der Waals surface area contributed by atoms with E-state index in [2.05, 4.69) is 5.10 Å². The number of nitrogen functional groups attached to an aromatic ring is 1. The largest absolute Gasteiger partial charge is 0.289 e. The van der Waals surface area contributed by atoms with Crippen LogP contribution in [0.15, 0.2) is 29.1 Å². The predicted octanol–water partition coefficient (Wildman–Crippen LogP) is 0.761. The van der Waals surface area contributed by atoms with Crippen LogP contribution in [0.1, 0.15) is 27.3 Å². The van der Waals surface area contributed by atoms with E-state index in [1.807, 2.05) is 37.5 Å². The molecule has 0 saturated heterocycles. The summed E-state index contributed by atoms with van der Waals surface area (Å²) in [5.74, 6) is 4.36.